The third-order valence-corrected chi connectivity index (χ3v) is 2.39. The minimum atomic E-state index is -1.62. The van der Waals surface area contributed by atoms with Crippen LogP contribution in [-0.2, 0) is 38.4 Å². The monoisotopic (exact) mass is 300 g/mol. The molecule has 0 aromatic heterocycles. The van der Waals surface area contributed by atoms with Crippen molar-refractivity contribution in [3.63, 3.8) is 0 Å². The summed E-state index contributed by atoms with van der Waals surface area (Å²) in [7, 11) is 1.06. The molecule has 10 nitrogen and oxygen atoms in total. The van der Waals surface area contributed by atoms with E-state index in [-0.39, 0.29) is 30.7 Å². The molecule has 1 heterocycles. The van der Waals surface area contributed by atoms with Crippen molar-refractivity contribution in [3.05, 3.63) is 0 Å². The second-order valence-electron chi connectivity index (χ2n) is 3.94. The van der Waals surface area contributed by atoms with Crippen LogP contribution in [-0.4, -0.2) is 53.1 Å². The molecule has 21 heavy (non-hydrogen) atoms. The zero-order chi connectivity index (χ0) is 16.0. The highest BCUT2D eigenvalue weighted by Gasteiger charge is 2.35. The maximum absolute atomic E-state index is 11.3. The van der Waals surface area contributed by atoms with Gasteiger partial charge < -0.3 is 14.5 Å². The highest BCUT2D eigenvalue weighted by atomic mass is 16.8. The molecule has 3 amide bonds. The summed E-state index contributed by atoms with van der Waals surface area (Å²) < 4.78 is 0. The summed E-state index contributed by atoms with van der Waals surface area (Å²) in [5.74, 6) is -5.41. The van der Waals surface area contributed by atoms with Gasteiger partial charge in [-0.25, -0.2) is 9.59 Å². The van der Waals surface area contributed by atoms with Crippen LogP contribution < -0.4 is 0 Å². The lowest BCUT2D eigenvalue weighted by Crippen LogP contribution is -2.38. The van der Waals surface area contributed by atoms with Crippen molar-refractivity contribution >= 4 is 35.9 Å². The van der Waals surface area contributed by atoms with Crippen LogP contribution in [0.2, 0.25) is 0 Å². The molecule has 1 saturated heterocycles. The summed E-state index contributed by atoms with van der Waals surface area (Å²) >= 11 is 0. The fourth-order valence-corrected chi connectivity index (χ4v) is 1.33. The molecule has 1 aliphatic rings. The van der Waals surface area contributed by atoms with Crippen LogP contribution in [0.1, 0.15) is 25.7 Å². The zero-order valence-electron chi connectivity index (χ0n) is 11.1. The number of nitrogens with zero attached hydrogens (tertiary/aromatic N) is 2. The highest BCUT2D eigenvalue weighted by Crippen LogP contribution is 2.12. The summed E-state index contributed by atoms with van der Waals surface area (Å²) in [6, 6.07) is 0. The van der Waals surface area contributed by atoms with Gasteiger partial charge in [-0.05, 0) is 0 Å². The Morgan fingerprint density at radius 3 is 2.29 bits per heavy atom. The van der Waals surface area contributed by atoms with E-state index in [1.54, 1.807) is 0 Å². The number of imide groups is 1. The van der Waals surface area contributed by atoms with E-state index in [1.807, 2.05) is 0 Å². The number of aldehydes is 1. The van der Waals surface area contributed by atoms with Crippen molar-refractivity contribution in [3.8, 4) is 0 Å². The van der Waals surface area contributed by atoms with Crippen LogP contribution in [0.15, 0.2) is 0 Å². The maximum atomic E-state index is 11.3. The lowest BCUT2D eigenvalue weighted by atomic mass is 10.3. The molecule has 0 bridgehead atoms. The van der Waals surface area contributed by atoms with Gasteiger partial charge in [0.15, 0.2) is 0 Å². The Balaban J connectivity index is 2.49. The largest absolute Gasteiger partial charge is 0.444 e. The average Bonchev–Trinajstić information content (AvgIpc) is 2.76. The van der Waals surface area contributed by atoms with Gasteiger partial charge in [0.05, 0.1) is 0 Å². The standard InChI is InChI=1S/C11H12N2O8/c1-12(7(15)3-2-6-14)20-10(18)11(19)21-13-8(16)4-5-9(13)17/h6H,2-5H2,1H3. The van der Waals surface area contributed by atoms with Crippen molar-refractivity contribution < 1.29 is 38.4 Å². The van der Waals surface area contributed by atoms with Crippen LogP contribution in [0.5, 0.6) is 0 Å². The van der Waals surface area contributed by atoms with E-state index in [4.69, 9.17) is 0 Å². The molecule has 1 aliphatic heterocycles. The van der Waals surface area contributed by atoms with E-state index in [0.717, 1.165) is 7.05 Å². The molecule has 0 saturated carbocycles. The van der Waals surface area contributed by atoms with Gasteiger partial charge in [-0.2, -0.15) is 5.06 Å². The number of rotatable bonds is 4. The first-order valence-electron chi connectivity index (χ1n) is 5.87. The van der Waals surface area contributed by atoms with Gasteiger partial charge in [0, 0.05) is 32.7 Å². The Labute approximate surface area is 118 Å². The second-order valence-corrected chi connectivity index (χ2v) is 3.94. The van der Waals surface area contributed by atoms with Gasteiger partial charge in [-0.15, -0.1) is 5.06 Å². The Morgan fingerprint density at radius 2 is 1.76 bits per heavy atom. The molecule has 0 N–H and O–H groups in total. The van der Waals surface area contributed by atoms with E-state index in [2.05, 4.69) is 9.68 Å². The predicted molar refractivity (Wildman–Crippen MR) is 61.3 cm³/mol. The normalized spacial score (nSPS) is 13.9. The van der Waals surface area contributed by atoms with Crippen molar-refractivity contribution in [2.75, 3.05) is 7.05 Å². The number of hydrogen-bond acceptors (Lipinski definition) is 8. The average molecular weight is 300 g/mol. The molecule has 0 aromatic carbocycles. The van der Waals surface area contributed by atoms with Gasteiger partial charge in [-0.3, -0.25) is 14.4 Å². The van der Waals surface area contributed by atoms with E-state index in [0.29, 0.717) is 11.3 Å². The number of hydroxylamine groups is 4. The van der Waals surface area contributed by atoms with E-state index < -0.39 is 29.7 Å². The maximum Gasteiger partial charge on any atom is 0.444 e. The molecule has 0 unspecified atom stereocenters. The van der Waals surface area contributed by atoms with Crippen LogP contribution in [0, 0.1) is 0 Å². The molecule has 1 fully saturated rings. The van der Waals surface area contributed by atoms with Crippen molar-refractivity contribution in [2.24, 2.45) is 0 Å². The quantitative estimate of drug-likeness (QED) is 0.265. The smallest absolute Gasteiger partial charge is 0.327 e. The van der Waals surface area contributed by atoms with E-state index >= 15 is 0 Å². The van der Waals surface area contributed by atoms with Gasteiger partial charge in [-0.1, -0.05) is 0 Å². The minimum absolute atomic E-state index is 0.0675. The first-order valence-corrected chi connectivity index (χ1v) is 5.87. The SMILES string of the molecule is CN(OC(=O)C(=O)ON1C(=O)CCC1=O)C(=O)CCC=O. The Kier molecular flexibility index (Phi) is 5.52. The van der Waals surface area contributed by atoms with Gasteiger partial charge in [0.2, 0.25) is 0 Å². The summed E-state index contributed by atoms with van der Waals surface area (Å²) in [5.41, 5.74) is 0. The van der Waals surface area contributed by atoms with Crippen molar-refractivity contribution in [2.45, 2.75) is 25.7 Å². The van der Waals surface area contributed by atoms with E-state index in [9.17, 15) is 28.8 Å². The predicted octanol–water partition coefficient (Wildman–Crippen LogP) is -1.51. The fourth-order valence-electron chi connectivity index (χ4n) is 1.33. The number of carbonyl (C=O) groups excluding carboxylic acids is 6. The van der Waals surface area contributed by atoms with Crippen LogP contribution >= 0.6 is 0 Å². The number of amides is 3. The summed E-state index contributed by atoms with van der Waals surface area (Å²) in [4.78, 5) is 75.1. The first kappa shape index (κ1) is 16.3. The molecule has 1 rings (SSSR count). The Bertz CT molecular complexity index is 484. The van der Waals surface area contributed by atoms with Gasteiger partial charge in [0.1, 0.15) is 6.29 Å². The molecule has 0 radical (unpaired) electrons. The third kappa shape index (κ3) is 4.37. The van der Waals surface area contributed by atoms with Crippen LogP contribution in [0.3, 0.4) is 0 Å². The Morgan fingerprint density at radius 1 is 1.19 bits per heavy atom. The van der Waals surface area contributed by atoms with E-state index in [1.165, 1.54) is 0 Å². The summed E-state index contributed by atoms with van der Waals surface area (Å²) in [6.07, 6.45) is -0.00368. The molecular weight excluding hydrogens is 288 g/mol. The zero-order valence-corrected chi connectivity index (χ0v) is 11.1. The lowest BCUT2D eigenvalue weighted by Gasteiger charge is -2.16. The van der Waals surface area contributed by atoms with Crippen LogP contribution in [0.25, 0.3) is 0 Å². The number of hydrogen-bond donors (Lipinski definition) is 0. The molecule has 0 atom stereocenters. The third-order valence-electron chi connectivity index (χ3n) is 2.39. The molecule has 0 spiro atoms. The van der Waals surface area contributed by atoms with Crippen molar-refractivity contribution in [1.29, 1.82) is 0 Å². The molecule has 0 aliphatic carbocycles. The second kappa shape index (κ2) is 7.12. The van der Waals surface area contributed by atoms with Crippen molar-refractivity contribution in [1.82, 2.24) is 10.1 Å². The van der Waals surface area contributed by atoms with Crippen LogP contribution in [0.4, 0.5) is 0 Å². The molecular formula is C11H12N2O8. The molecule has 10 heteroatoms. The number of carbonyl (C=O) groups is 6. The van der Waals surface area contributed by atoms with Gasteiger partial charge in [0.25, 0.3) is 17.7 Å². The minimum Gasteiger partial charge on any atom is -0.327 e. The summed E-state index contributed by atoms with van der Waals surface area (Å²) in [6.45, 7) is 0. The first-order chi connectivity index (χ1) is 9.86. The topological polar surface area (TPSA) is 127 Å². The van der Waals surface area contributed by atoms with Gasteiger partial charge >= 0.3 is 11.9 Å². The molecule has 114 valence electrons. The highest BCUT2D eigenvalue weighted by molar-refractivity contribution is 6.30. The fraction of sp³-hybridized carbons (Fsp3) is 0.455. The lowest BCUT2D eigenvalue weighted by molar-refractivity contribution is -0.214. The Hall–Kier alpha value is -2.78. The summed E-state index contributed by atoms with van der Waals surface area (Å²) in [5, 5.41) is 0.637. The molecule has 0 aromatic rings.